The number of rotatable bonds is 9. The third kappa shape index (κ3) is 6.54. The summed E-state index contributed by atoms with van der Waals surface area (Å²) in [5.41, 5.74) is 2.64. The van der Waals surface area contributed by atoms with Gasteiger partial charge < -0.3 is 19.7 Å². The molecule has 2 aromatic carbocycles. The lowest BCUT2D eigenvalue weighted by Gasteiger charge is -2.32. The maximum atomic E-state index is 14.0. The van der Waals surface area contributed by atoms with Crippen LogP contribution >= 0.6 is 0 Å². The predicted molar refractivity (Wildman–Crippen MR) is 147 cm³/mol. The largest absolute Gasteiger partial charge is 0.466 e. The predicted octanol–water partition coefficient (Wildman–Crippen LogP) is 5.16. The number of nitro benzene ring substituents is 1. The second kappa shape index (κ2) is 12.7. The summed E-state index contributed by atoms with van der Waals surface area (Å²) in [6.07, 6.45) is 3.69. The van der Waals surface area contributed by atoms with Crippen molar-refractivity contribution in [2.75, 3.05) is 26.7 Å². The van der Waals surface area contributed by atoms with Gasteiger partial charge in [-0.15, -0.1) is 0 Å². The number of nitro groups is 1. The zero-order valence-electron chi connectivity index (χ0n) is 22.6. The Kier molecular flexibility index (Phi) is 9.14. The molecular weight excluding hydrogens is 498 g/mol. The first-order valence-electron chi connectivity index (χ1n) is 13.3. The number of carbonyl (C=O) groups is 2. The molecule has 1 fully saturated rings. The molecule has 1 N–H and O–H groups in total. The molecule has 0 amide bonds. The molecule has 4 rings (SSSR count). The maximum Gasteiger partial charge on any atom is 0.337 e. The number of methoxy groups -OCH3 is 1. The van der Waals surface area contributed by atoms with Crippen LogP contribution in [-0.2, 0) is 19.1 Å². The topological polar surface area (TPSA) is 111 Å². The van der Waals surface area contributed by atoms with E-state index in [1.807, 2.05) is 30.3 Å². The van der Waals surface area contributed by atoms with E-state index in [0.717, 1.165) is 25.2 Å². The number of nitrogens with zero attached hydrogens (tertiary/aromatic N) is 2. The molecule has 39 heavy (non-hydrogen) atoms. The van der Waals surface area contributed by atoms with Crippen molar-refractivity contribution in [2.24, 2.45) is 0 Å². The van der Waals surface area contributed by atoms with E-state index in [1.54, 1.807) is 26.0 Å². The summed E-state index contributed by atoms with van der Waals surface area (Å²) < 4.78 is 11.2. The molecule has 2 aliphatic heterocycles. The molecule has 2 heterocycles. The first kappa shape index (κ1) is 28.0. The normalized spacial score (nSPS) is 18.8. The van der Waals surface area contributed by atoms with Gasteiger partial charge in [-0.05, 0) is 50.9 Å². The molecule has 2 aromatic rings. The van der Waals surface area contributed by atoms with Crippen molar-refractivity contribution in [1.29, 1.82) is 0 Å². The number of ether oxygens (including phenoxy) is 2. The highest BCUT2D eigenvalue weighted by atomic mass is 16.6. The van der Waals surface area contributed by atoms with E-state index in [9.17, 15) is 19.7 Å². The van der Waals surface area contributed by atoms with Gasteiger partial charge in [-0.1, -0.05) is 48.9 Å². The van der Waals surface area contributed by atoms with Gasteiger partial charge in [0.1, 0.15) is 6.10 Å². The molecule has 2 aliphatic rings. The van der Waals surface area contributed by atoms with E-state index >= 15 is 0 Å². The Labute approximate surface area is 228 Å². The first-order valence-corrected chi connectivity index (χ1v) is 13.3. The fourth-order valence-electron chi connectivity index (χ4n) is 5.43. The Bertz CT molecular complexity index is 1280. The highest BCUT2D eigenvalue weighted by Crippen LogP contribution is 2.41. The molecule has 0 saturated carbocycles. The van der Waals surface area contributed by atoms with E-state index in [1.165, 1.54) is 38.5 Å². The van der Waals surface area contributed by atoms with E-state index in [0.29, 0.717) is 23.4 Å². The summed E-state index contributed by atoms with van der Waals surface area (Å²) in [6.45, 7) is 6.32. The number of nitrogens with one attached hydrogen (secondary N) is 1. The van der Waals surface area contributed by atoms with Crippen LogP contribution in [0.2, 0.25) is 0 Å². The van der Waals surface area contributed by atoms with Crippen molar-refractivity contribution in [3.8, 4) is 0 Å². The SMILES string of the molecule is COC(=O)C1=C(C)NC(C)=C(C(=O)OC(CCN2CCCCC2)c2ccccc2)C1c1cccc([N+](=O)[O-])c1. The highest BCUT2D eigenvalue weighted by molar-refractivity contribution is 6.00. The number of likely N-dealkylation sites (tertiary alicyclic amines) is 1. The lowest BCUT2D eigenvalue weighted by atomic mass is 9.80. The molecule has 2 atom stereocenters. The van der Waals surface area contributed by atoms with Crippen molar-refractivity contribution in [1.82, 2.24) is 10.2 Å². The van der Waals surface area contributed by atoms with E-state index in [2.05, 4.69) is 10.2 Å². The van der Waals surface area contributed by atoms with Crippen LogP contribution in [0.5, 0.6) is 0 Å². The molecule has 2 unspecified atom stereocenters. The van der Waals surface area contributed by atoms with Gasteiger partial charge in [0, 0.05) is 36.5 Å². The Morgan fingerprint density at radius 1 is 1.00 bits per heavy atom. The van der Waals surface area contributed by atoms with Crippen LogP contribution in [0.1, 0.15) is 62.7 Å². The van der Waals surface area contributed by atoms with Crippen LogP contribution in [-0.4, -0.2) is 48.5 Å². The van der Waals surface area contributed by atoms with Gasteiger partial charge in [-0.3, -0.25) is 10.1 Å². The van der Waals surface area contributed by atoms with Crippen LogP contribution < -0.4 is 5.32 Å². The second-order valence-electron chi connectivity index (χ2n) is 9.97. The van der Waals surface area contributed by atoms with Gasteiger partial charge in [0.25, 0.3) is 5.69 Å². The third-order valence-electron chi connectivity index (χ3n) is 7.38. The van der Waals surface area contributed by atoms with Gasteiger partial charge in [0.05, 0.1) is 29.1 Å². The molecule has 9 heteroatoms. The van der Waals surface area contributed by atoms with Crippen LogP contribution in [0.4, 0.5) is 5.69 Å². The fourth-order valence-corrected chi connectivity index (χ4v) is 5.43. The second-order valence-corrected chi connectivity index (χ2v) is 9.97. The molecular formula is C30H35N3O6. The summed E-state index contributed by atoms with van der Waals surface area (Å²) >= 11 is 0. The van der Waals surface area contributed by atoms with Crippen molar-refractivity contribution in [3.63, 3.8) is 0 Å². The number of allylic oxidation sites excluding steroid dienone is 2. The zero-order valence-corrected chi connectivity index (χ0v) is 22.6. The number of benzene rings is 2. The summed E-state index contributed by atoms with van der Waals surface area (Å²) in [5, 5.41) is 14.7. The van der Waals surface area contributed by atoms with Crippen LogP contribution in [0.15, 0.2) is 77.1 Å². The lowest BCUT2D eigenvalue weighted by Crippen LogP contribution is -2.34. The Morgan fingerprint density at radius 3 is 2.31 bits per heavy atom. The summed E-state index contributed by atoms with van der Waals surface area (Å²) in [4.78, 5) is 40.3. The average molecular weight is 534 g/mol. The van der Waals surface area contributed by atoms with Crippen molar-refractivity contribution in [3.05, 3.63) is 98.4 Å². The minimum atomic E-state index is -0.899. The smallest absolute Gasteiger partial charge is 0.337 e. The minimum absolute atomic E-state index is 0.137. The van der Waals surface area contributed by atoms with Crippen molar-refractivity contribution < 1.29 is 24.0 Å². The Hall–Kier alpha value is -3.98. The summed E-state index contributed by atoms with van der Waals surface area (Å²) in [6, 6.07) is 15.6. The van der Waals surface area contributed by atoms with Crippen LogP contribution in [0.3, 0.4) is 0 Å². The number of non-ortho nitro benzene ring substituents is 1. The minimum Gasteiger partial charge on any atom is -0.466 e. The molecule has 1 saturated heterocycles. The number of esters is 2. The average Bonchev–Trinajstić information content (AvgIpc) is 2.95. The highest BCUT2D eigenvalue weighted by Gasteiger charge is 2.39. The first-order chi connectivity index (χ1) is 18.8. The molecule has 0 bridgehead atoms. The number of dihydropyridines is 1. The van der Waals surface area contributed by atoms with Gasteiger partial charge in [0.15, 0.2) is 0 Å². The molecule has 0 aromatic heterocycles. The molecule has 0 radical (unpaired) electrons. The van der Waals surface area contributed by atoms with Crippen LogP contribution in [0.25, 0.3) is 0 Å². The van der Waals surface area contributed by atoms with Gasteiger partial charge in [-0.25, -0.2) is 9.59 Å². The fraction of sp³-hybridized carbons (Fsp3) is 0.400. The number of hydrogen-bond donors (Lipinski definition) is 1. The molecule has 0 spiro atoms. The Morgan fingerprint density at radius 2 is 1.67 bits per heavy atom. The van der Waals surface area contributed by atoms with Crippen LogP contribution in [0, 0.1) is 10.1 Å². The molecule has 0 aliphatic carbocycles. The third-order valence-corrected chi connectivity index (χ3v) is 7.38. The maximum absolute atomic E-state index is 14.0. The van der Waals surface area contributed by atoms with Crippen molar-refractivity contribution in [2.45, 2.75) is 51.6 Å². The van der Waals surface area contributed by atoms with E-state index in [-0.39, 0.29) is 16.8 Å². The summed E-state index contributed by atoms with van der Waals surface area (Å²) in [7, 11) is 1.27. The van der Waals surface area contributed by atoms with E-state index < -0.39 is 28.9 Å². The Balaban J connectivity index is 1.69. The number of piperidine rings is 1. The molecule has 9 nitrogen and oxygen atoms in total. The number of carbonyl (C=O) groups excluding carboxylic acids is 2. The molecule has 206 valence electrons. The number of hydrogen-bond acceptors (Lipinski definition) is 8. The summed E-state index contributed by atoms with van der Waals surface area (Å²) in [5.74, 6) is -2.11. The van der Waals surface area contributed by atoms with Gasteiger partial charge in [0.2, 0.25) is 0 Å². The van der Waals surface area contributed by atoms with Gasteiger partial charge >= 0.3 is 11.9 Å². The lowest BCUT2D eigenvalue weighted by molar-refractivity contribution is -0.384. The van der Waals surface area contributed by atoms with Crippen molar-refractivity contribution >= 4 is 17.6 Å². The van der Waals surface area contributed by atoms with E-state index in [4.69, 9.17) is 9.47 Å². The quantitative estimate of drug-likeness (QED) is 0.267. The monoisotopic (exact) mass is 533 g/mol. The zero-order chi connectivity index (χ0) is 27.9. The van der Waals surface area contributed by atoms with Gasteiger partial charge in [-0.2, -0.15) is 0 Å². The standard InChI is InChI=1S/C30H35N3O6/c1-20-26(29(34)38-3)28(23-13-10-14-24(19-23)33(36)37)27(21(2)31-20)30(35)39-25(22-11-6-4-7-12-22)15-18-32-16-8-5-9-17-32/h4,6-7,10-14,19,25,28,31H,5,8-9,15-18H2,1-3H3.